The van der Waals surface area contributed by atoms with Crippen LogP contribution in [0, 0.1) is 0 Å². The van der Waals surface area contributed by atoms with E-state index in [4.69, 9.17) is 10.3 Å². The molecule has 1 aliphatic rings. The average molecular weight is 248 g/mol. The molecule has 96 valence electrons. The van der Waals surface area contributed by atoms with Crippen LogP contribution in [0.5, 0.6) is 0 Å². The number of carbonyl (C=O) groups excluding carboxylic acids is 1. The highest BCUT2D eigenvalue weighted by atomic mass is 19.3. The number of carbonyl (C=O) groups is 1. The summed E-state index contributed by atoms with van der Waals surface area (Å²) in [4.78, 5) is 14.7. The first kappa shape index (κ1) is 13.5. The molecule has 1 atom stereocenters. The predicted octanol–water partition coefficient (Wildman–Crippen LogP) is 2.55. The molecule has 0 aromatic heterocycles. The highest BCUT2D eigenvalue weighted by molar-refractivity contribution is 5.68. The second-order valence-corrected chi connectivity index (χ2v) is 4.84. The molecule has 0 aromatic rings. The molecule has 1 rings (SSSR count). The van der Waals surface area contributed by atoms with Crippen molar-refractivity contribution in [1.29, 1.82) is 0 Å². The number of halogens is 2. The van der Waals surface area contributed by atoms with Gasteiger partial charge < -0.3 is 9.64 Å². The molecule has 1 aliphatic heterocycles. The van der Waals surface area contributed by atoms with E-state index < -0.39 is 30.2 Å². The van der Waals surface area contributed by atoms with Gasteiger partial charge in [0.15, 0.2) is 0 Å². The van der Waals surface area contributed by atoms with E-state index >= 15 is 0 Å². The Labute approximate surface area is 97.2 Å². The molecule has 0 radical (unpaired) electrons. The first-order chi connectivity index (χ1) is 7.65. The van der Waals surface area contributed by atoms with Crippen LogP contribution < -0.4 is 0 Å². The molecule has 1 heterocycles. The molecule has 1 fully saturated rings. The molecular formula is C9H14F2N4O2. The topological polar surface area (TPSA) is 78.3 Å². The molecule has 17 heavy (non-hydrogen) atoms. The van der Waals surface area contributed by atoms with Crippen molar-refractivity contribution >= 4 is 6.09 Å². The zero-order valence-electron chi connectivity index (χ0n) is 9.85. The summed E-state index contributed by atoms with van der Waals surface area (Å²) in [5.74, 6) is -3.21. The lowest BCUT2D eigenvalue weighted by Gasteiger charge is -2.24. The van der Waals surface area contributed by atoms with Crippen LogP contribution in [0.25, 0.3) is 10.4 Å². The van der Waals surface area contributed by atoms with Gasteiger partial charge in [0.1, 0.15) is 11.6 Å². The van der Waals surface area contributed by atoms with Crippen molar-refractivity contribution in [3.05, 3.63) is 10.4 Å². The summed E-state index contributed by atoms with van der Waals surface area (Å²) in [6.07, 6.45) is -0.826. The summed E-state index contributed by atoms with van der Waals surface area (Å²) in [5, 5.41) is 2.99. The minimum absolute atomic E-state index is 0.327. The molecule has 0 N–H and O–H groups in total. The van der Waals surface area contributed by atoms with Crippen molar-refractivity contribution in [2.24, 2.45) is 5.11 Å². The molecule has 0 saturated carbocycles. The molecular weight excluding hydrogens is 234 g/mol. The maximum Gasteiger partial charge on any atom is 0.410 e. The minimum atomic E-state index is -3.21. The Morgan fingerprint density at radius 3 is 2.65 bits per heavy atom. The van der Waals surface area contributed by atoms with Gasteiger partial charge in [-0.15, -0.1) is 0 Å². The van der Waals surface area contributed by atoms with Gasteiger partial charge in [-0.1, -0.05) is 5.11 Å². The summed E-state index contributed by atoms with van der Waals surface area (Å²) in [7, 11) is 0. The van der Waals surface area contributed by atoms with Gasteiger partial charge in [-0.25, -0.2) is 13.6 Å². The van der Waals surface area contributed by atoms with Crippen molar-refractivity contribution in [1.82, 2.24) is 4.90 Å². The Morgan fingerprint density at radius 1 is 1.59 bits per heavy atom. The molecule has 1 saturated heterocycles. The van der Waals surface area contributed by atoms with Crippen molar-refractivity contribution in [3.8, 4) is 0 Å². The summed E-state index contributed by atoms with van der Waals surface area (Å²) in [6.45, 7) is 3.82. The maximum atomic E-state index is 13.3. The molecule has 0 aromatic carbocycles. The number of hydrogen-bond donors (Lipinski definition) is 0. The average Bonchev–Trinajstić information content (AvgIpc) is 2.40. The fourth-order valence-corrected chi connectivity index (χ4v) is 1.42. The Balaban J connectivity index is 2.71. The molecule has 0 spiro atoms. The minimum Gasteiger partial charge on any atom is -0.444 e. The molecule has 0 aliphatic carbocycles. The van der Waals surface area contributed by atoms with E-state index in [1.807, 2.05) is 0 Å². The maximum absolute atomic E-state index is 13.3. The normalized spacial score (nSPS) is 23.1. The van der Waals surface area contributed by atoms with Crippen LogP contribution >= 0.6 is 0 Å². The van der Waals surface area contributed by atoms with Crippen LogP contribution in [0.15, 0.2) is 5.11 Å². The number of rotatable bonds is 1. The molecule has 8 heteroatoms. The summed E-state index contributed by atoms with van der Waals surface area (Å²) >= 11 is 0. The van der Waals surface area contributed by atoms with Crippen molar-refractivity contribution in [2.45, 2.75) is 38.3 Å². The number of hydrogen-bond acceptors (Lipinski definition) is 3. The Kier molecular flexibility index (Phi) is 3.47. The van der Waals surface area contributed by atoms with Gasteiger partial charge >= 0.3 is 6.09 Å². The van der Waals surface area contributed by atoms with Gasteiger partial charge in [0.05, 0.1) is 6.54 Å². The van der Waals surface area contributed by atoms with Crippen molar-refractivity contribution in [2.75, 3.05) is 13.1 Å². The molecule has 0 bridgehead atoms. The van der Waals surface area contributed by atoms with Crippen molar-refractivity contribution < 1.29 is 18.3 Å². The lowest BCUT2D eigenvalue weighted by atomic mass is 10.2. The largest absolute Gasteiger partial charge is 0.444 e. The van der Waals surface area contributed by atoms with Crippen LogP contribution in [0.1, 0.15) is 20.8 Å². The number of ether oxygens (including phenoxy) is 1. The SMILES string of the molecule is CC(C)(C)OC(=O)N1C[C@@H](N=[N+]=[N-])C(F)(F)C1. The van der Waals surface area contributed by atoms with Gasteiger partial charge in [-0.05, 0) is 26.3 Å². The number of alkyl halides is 2. The molecule has 6 nitrogen and oxygen atoms in total. The Hall–Kier alpha value is -1.56. The lowest BCUT2D eigenvalue weighted by Crippen LogP contribution is -2.36. The van der Waals surface area contributed by atoms with E-state index in [-0.39, 0.29) is 6.54 Å². The smallest absolute Gasteiger partial charge is 0.410 e. The van der Waals surface area contributed by atoms with E-state index in [1.54, 1.807) is 20.8 Å². The quantitative estimate of drug-likeness (QED) is 0.406. The summed E-state index contributed by atoms with van der Waals surface area (Å²) in [5.41, 5.74) is 7.41. The third-order valence-electron chi connectivity index (χ3n) is 2.13. The van der Waals surface area contributed by atoms with Gasteiger partial charge in [0.2, 0.25) is 0 Å². The van der Waals surface area contributed by atoms with E-state index in [9.17, 15) is 13.6 Å². The lowest BCUT2D eigenvalue weighted by molar-refractivity contribution is -0.00932. The Bertz CT molecular complexity index is 360. The number of likely N-dealkylation sites (tertiary alicyclic amines) is 1. The fraction of sp³-hybridized carbons (Fsp3) is 0.889. The van der Waals surface area contributed by atoms with Gasteiger partial charge in [0.25, 0.3) is 5.92 Å². The second kappa shape index (κ2) is 4.37. The summed E-state index contributed by atoms with van der Waals surface area (Å²) < 4.78 is 31.6. The second-order valence-electron chi connectivity index (χ2n) is 4.84. The Morgan fingerprint density at radius 2 is 2.18 bits per heavy atom. The van der Waals surface area contributed by atoms with Gasteiger partial charge in [-0.2, -0.15) is 0 Å². The monoisotopic (exact) mass is 248 g/mol. The van der Waals surface area contributed by atoms with Crippen LogP contribution in [-0.2, 0) is 4.74 Å². The van der Waals surface area contributed by atoms with Crippen molar-refractivity contribution in [3.63, 3.8) is 0 Å². The van der Waals surface area contributed by atoms with E-state index in [0.29, 0.717) is 0 Å². The number of nitrogens with zero attached hydrogens (tertiary/aromatic N) is 4. The van der Waals surface area contributed by atoms with Crippen LogP contribution in [-0.4, -0.2) is 41.6 Å². The first-order valence-electron chi connectivity index (χ1n) is 5.06. The van der Waals surface area contributed by atoms with Crippen LogP contribution in [0.2, 0.25) is 0 Å². The van der Waals surface area contributed by atoms with Crippen LogP contribution in [0.3, 0.4) is 0 Å². The third-order valence-corrected chi connectivity index (χ3v) is 2.13. The standard InChI is InChI=1S/C9H14F2N4O2/c1-8(2,3)17-7(16)15-4-6(13-14-12)9(10,11)5-15/h6H,4-5H2,1-3H3/t6-/m1/s1. The summed E-state index contributed by atoms with van der Waals surface area (Å²) in [6, 6.07) is -1.53. The zero-order chi connectivity index (χ0) is 13.3. The third kappa shape index (κ3) is 3.45. The fourth-order valence-electron chi connectivity index (χ4n) is 1.42. The molecule has 1 amide bonds. The highest BCUT2D eigenvalue weighted by Crippen LogP contribution is 2.31. The first-order valence-corrected chi connectivity index (χ1v) is 5.06. The number of azide groups is 1. The predicted molar refractivity (Wildman–Crippen MR) is 55.7 cm³/mol. The van der Waals surface area contributed by atoms with Crippen LogP contribution in [0.4, 0.5) is 13.6 Å². The number of amides is 1. The van der Waals surface area contributed by atoms with Gasteiger partial charge in [-0.3, -0.25) is 0 Å². The van der Waals surface area contributed by atoms with Gasteiger partial charge in [0, 0.05) is 11.5 Å². The van der Waals surface area contributed by atoms with E-state index in [1.165, 1.54) is 0 Å². The highest BCUT2D eigenvalue weighted by Gasteiger charge is 2.50. The van der Waals surface area contributed by atoms with E-state index in [2.05, 4.69) is 10.0 Å². The van der Waals surface area contributed by atoms with E-state index in [0.717, 1.165) is 4.90 Å². The zero-order valence-corrected chi connectivity index (χ0v) is 9.85. The molecule has 0 unspecified atom stereocenters.